The lowest BCUT2D eigenvalue weighted by molar-refractivity contribution is -0.121. The summed E-state index contributed by atoms with van der Waals surface area (Å²) in [4.78, 5) is 26.3. The molecule has 1 N–H and O–H groups in total. The molecule has 0 saturated heterocycles. The normalized spacial score (nSPS) is 11.2. The summed E-state index contributed by atoms with van der Waals surface area (Å²) in [5, 5.41) is 3.33. The van der Waals surface area contributed by atoms with E-state index in [1.807, 2.05) is 18.2 Å². The molecular formula is C20H22ClN3O3. The van der Waals surface area contributed by atoms with Gasteiger partial charge >= 0.3 is 5.76 Å². The molecule has 0 saturated carbocycles. The SMILES string of the molecule is CN(CCCNC(=O)Cn1c(=O)oc2cc(Cl)ccc21)Cc1ccccc1. The topological polar surface area (TPSA) is 67.5 Å². The lowest BCUT2D eigenvalue weighted by atomic mass is 10.2. The number of nitrogens with zero attached hydrogens (tertiary/aromatic N) is 2. The van der Waals surface area contributed by atoms with Crippen molar-refractivity contribution in [2.75, 3.05) is 20.1 Å². The van der Waals surface area contributed by atoms with Gasteiger partial charge in [0.25, 0.3) is 0 Å². The van der Waals surface area contributed by atoms with Crippen molar-refractivity contribution in [1.82, 2.24) is 14.8 Å². The minimum Gasteiger partial charge on any atom is -0.408 e. The van der Waals surface area contributed by atoms with Gasteiger partial charge in [0.2, 0.25) is 5.91 Å². The van der Waals surface area contributed by atoms with Gasteiger partial charge in [0.05, 0.1) is 5.52 Å². The predicted molar refractivity (Wildman–Crippen MR) is 106 cm³/mol. The summed E-state index contributed by atoms with van der Waals surface area (Å²) < 4.78 is 6.44. The van der Waals surface area contributed by atoms with Crippen LogP contribution in [0.1, 0.15) is 12.0 Å². The summed E-state index contributed by atoms with van der Waals surface area (Å²) in [6.45, 7) is 2.21. The molecule has 3 rings (SSSR count). The van der Waals surface area contributed by atoms with Gasteiger partial charge in [0.15, 0.2) is 5.58 Å². The maximum atomic E-state index is 12.2. The van der Waals surface area contributed by atoms with E-state index in [0.717, 1.165) is 19.5 Å². The van der Waals surface area contributed by atoms with Crippen LogP contribution in [0.25, 0.3) is 11.1 Å². The van der Waals surface area contributed by atoms with Gasteiger partial charge in [-0.15, -0.1) is 0 Å². The fourth-order valence-electron chi connectivity index (χ4n) is 2.94. The monoisotopic (exact) mass is 387 g/mol. The van der Waals surface area contributed by atoms with E-state index in [9.17, 15) is 9.59 Å². The molecule has 27 heavy (non-hydrogen) atoms. The lowest BCUT2D eigenvalue weighted by Crippen LogP contribution is -2.32. The van der Waals surface area contributed by atoms with E-state index in [0.29, 0.717) is 22.7 Å². The maximum Gasteiger partial charge on any atom is 0.420 e. The summed E-state index contributed by atoms with van der Waals surface area (Å²) in [6.07, 6.45) is 0.825. The van der Waals surface area contributed by atoms with Crippen LogP contribution in [-0.4, -0.2) is 35.5 Å². The Morgan fingerprint density at radius 2 is 2.00 bits per heavy atom. The van der Waals surface area contributed by atoms with Crippen molar-refractivity contribution in [2.24, 2.45) is 0 Å². The Labute approximate surface area is 162 Å². The van der Waals surface area contributed by atoms with Crippen LogP contribution in [-0.2, 0) is 17.9 Å². The zero-order chi connectivity index (χ0) is 19.2. The first kappa shape index (κ1) is 19.2. The zero-order valence-electron chi connectivity index (χ0n) is 15.2. The average Bonchev–Trinajstić information content (AvgIpc) is 2.94. The quantitative estimate of drug-likeness (QED) is 0.603. The number of carbonyl (C=O) groups excluding carboxylic acids is 1. The smallest absolute Gasteiger partial charge is 0.408 e. The number of amides is 1. The molecule has 0 aliphatic rings. The highest BCUT2D eigenvalue weighted by atomic mass is 35.5. The van der Waals surface area contributed by atoms with Crippen molar-refractivity contribution in [2.45, 2.75) is 19.5 Å². The first-order valence-electron chi connectivity index (χ1n) is 8.81. The van der Waals surface area contributed by atoms with Crippen molar-refractivity contribution in [3.05, 3.63) is 69.7 Å². The summed E-state index contributed by atoms with van der Waals surface area (Å²) in [5.41, 5.74) is 2.19. The molecule has 1 aromatic heterocycles. The standard InChI is InChI=1S/C20H22ClN3O3/c1-23(13-15-6-3-2-4-7-15)11-5-10-22-19(25)14-24-17-9-8-16(21)12-18(17)27-20(24)26/h2-4,6-9,12H,5,10-11,13-14H2,1H3,(H,22,25). The molecule has 0 aliphatic carbocycles. The van der Waals surface area contributed by atoms with Crippen LogP contribution < -0.4 is 11.1 Å². The molecule has 0 atom stereocenters. The molecule has 2 aromatic carbocycles. The number of hydrogen-bond donors (Lipinski definition) is 1. The zero-order valence-corrected chi connectivity index (χ0v) is 15.9. The van der Waals surface area contributed by atoms with E-state index in [2.05, 4.69) is 29.4 Å². The molecule has 0 bridgehead atoms. The van der Waals surface area contributed by atoms with Crippen LogP contribution in [0.5, 0.6) is 0 Å². The number of benzene rings is 2. The molecule has 0 radical (unpaired) electrons. The number of halogens is 1. The van der Waals surface area contributed by atoms with E-state index >= 15 is 0 Å². The van der Waals surface area contributed by atoms with Gasteiger partial charge in [-0.2, -0.15) is 0 Å². The van der Waals surface area contributed by atoms with Gasteiger partial charge in [-0.1, -0.05) is 41.9 Å². The Bertz CT molecular complexity index is 966. The van der Waals surface area contributed by atoms with E-state index < -0.39 is 5.76 Å². The van der Waals surface area contributed by atoms with Gasteiger partial charge in [-0.3, -0.25) is 9.36 Å². The molecule has 0 fully saturated rings. The van der Waals surface area contributed by atoms with Gasteiger partial charge in [-0.25, -0.2) is 4.79 Å². The Kier molecular flexibility index (Phi) is 6.32. The van der Waals surface area contributed by atoms with E-state index in [1.165, 1.54) is 10.1 Å². The van der Waals surface area contributed by atoms with Crippen LogP contribution in [0.2, 0.25) is 5.02 Å². The molecule has 6 nitrogen and oxygen atoms in total. The molecule has 0 aliphatic heterocycles. The van der Waals surface area contributed by atoms with Crippen molar-refractivity contribution < 1.29 is 9.21 Å². The molecule has 7 heteroatoms. The summed E-state index contributed by atoms with van der Waals surface area (Å²) in [7, 11) is 2.05. The third kappa shape index (κ3) is 5.21. The number of nitrogens with one attached hydrogen (secondary N) is 1. The van der Waals surface area contributed by atoms with Gasteiger partial charge in [-0.05, 0) is 37.7 Å². The second kappa shape index (κ2) is 8.88. The molecule has 1 heterocycles. The molecular weight excluding hydrogens is 366 g/mol. The fourth-order valence-corrected chi connectivity index (χ4v) is 3.10. The first-order chi connectivity index (χ1) is 13.0. The number of fused-ring (bicyclic) bond motifs is 1. The second-order valence-electron chi connectivity index (χ2n) is 6.49. The van der Waals surface area contributed by atoms with Gasteiger partial charge in [0.1, 0.15) is 6.54 Å². The highest BCUT2D eigenvalue weighted by Crippen LogP contribution is 2.18. The van der Waals surface area contributed by atoms with Crippen molar-refractivity contribution in [1.29, 1.82) is 0 Å². The average molecular weight is 388 g/mol. The van der Waals surface area contributed by atoms with Crippen molar-refractivity contribution in [3.8, 4) is 0 Å². The molecule has 0 unspecified atom stereocenters. The summed E-state index contributed by atoms with van der Waals surface area (Å²) in [5.74, 6) is -0.787. The Morgan fingerprint density at radius 1 is 1.22 bits per heavy atom. The maximum absolute atomic E-state index is 12.2. The molecule has 0 spiro atoms. The molecule has 3 aromatic rings. The summed E-state index contributed by atoms with van der Waals surface area (Å²) >= 11 is 5.89. The van der Waals surface area contributed by atoms with Crippen LogP contribution in [0.4, 0.5) is 0 Å². The minimum absolute atomic E-state index is 0.0761. The number of hydrogen-bond acceptors (Lipinski definition) is 4. The van der Waals surface area contributed by atoms with Crippen molar-refractivity contribution >= 4 is 28.6 Å². The van der Waals surface area contributed by atoms with Crippen LogP contribution in [0, 0.1) is 0 Å². The predicted octanol–water partition coefficient (Wildman–Crippen LogP) is 2.89. The van der Waals surface area contributed by atoms with E-state index in [-0.39, 0.29) is 12.5 Å². The van der Waals surface area contributed by atoms with Crippen molar-refractivity contribution in [3.63, 3.8) is 0 Å². The third-order valence-electron chi connectivity index (χ3n) is 4.27. The summed E-state index contributed by atoms with van der Waals surface area (Å²) in [6, 6.07) is 15.1. The number of aromatic nitrogens is 1. The molecule has 1 amide bonds. The highest BCUT2D eigenvalue weighted by Gasteiger charge is 2.12. The van der Waals surface area contributed by atoms with Gasteiger partial charge < -0.3 is 14.6 Å². The number of rotatable bonds is 8. The second-order valence-corrected chi connectivity index (χ2v) is 6.93. The lowest BCUT2D eigenvalue weighted by Gasteiger charge is -2.16. The highest BCUT2D eigenvalue weighted by molar-refractivity contribution is 6.31. The number of oxazole rings is 1. The fraction of sp³-hybridized carbons (Fsp3) is 0.300. The Balaban J connectivity index is 1.45. The van der Waals surface area contributed by atoms with E-state index in [1.54, 1.807) is 18.2 Å². The molecule has 142 valence electrons. The van der Waals surface area contributed by atoms with E-state index in [4.69, 9.17) is 16.0 Å². The Morgan fingerprint density at radius 3 is 2.78 bits per heavy atom. The Hall–Kier alpha value is -2.57. The van der Waals surface area contributed by atoms with Crippen LogP contribution >= 0.6 is 11.6 Å². The third-order valence-corrected chi connectivity index (χ3v) is 4.50. The first-order valence-corrected chi connectivity index (χ1v) is 9.19. The minimum atomic E-state index is -0.565. The van der Waals surface area contributed by atoms with Crippen LogP contribution in [0.15, 0.2) is 57.7 Å². The van der Waals surface area contributed by atoms with Gasteiger partial charge in [0, 0.05) is 24.2 Å². The largest absolute Gasteiger partial charge is 0.420 e. The van der Waals surface area contributed by atoms with Crippen LogP contribution in [0.3, 0.4) is 0 Å². The number of carbonyl (C=O) groups is 1.